The molecule has 2 amide bonds. The van der Waals surface area contributed by atoms with Crippen LogP contribution in [0.2, 0.25) is 0 Å². The molecule has 0 aliphatic rings. The molecule has 0 saturated heterocycles. The van der Waals surface area contributed by atoms with Crippen LogP contribution in [0, 0.1) is 5.82 Å². The van der Waals surface area contributed by atoms with E-state index < -0.39 is 17.6 Å². The minimum atomic E-state index is -0.761. The van der Waals surface area contributed by atoms with E-state index >= 15 is 0 Å². The fraction of sp³-hybridized carbons (Fsp3) is 0.273. The molecule has 1 heterocycles. The van der Waals surface area contributed by atoms with Crippen LogP contribution in [0.5, 0.6) is 5.75 Å². The van der Waals surface area contributed by atoms with Gasteiger partial charge in [-0.2, -0.15) is 0 Å². The Morgan fingerprint density at radius 1 is 1.09 bits per heavy atom. The summed E-state index contributed by atoms with van der Waals surface area (Å²) >= 11 is 1.02. The molecular formula is C22H25FN6O3S. The Hall–Kier alpha value is -3.60. The van der Waals surface area contributed by atoms with Crippen LogP contribution in [0.25, 0.3) is 0 Å². The molecule has 9 nitrogen and oxygen atoms in total. The molecule has 0 fully saturated rings. The second-order valence-corrected chi connectivity index (χ2v) is 9.05. The molecule has 0 unspecified atom stereocenters. The molecule has 11 heteroatoms. The quantitative estimate of drug-likeness (QED) is 0.274. The summed E-state index contributed by atoms with van der Waals surface area (Å²) in [4.78, 5) is 23.9. The van der Waals surface area contributed by atoms with Crippen molar-refractivity contribution in [3.8, 4) is 5.75 Å². The van der Waals surface area contributed by atoms with Gasteiger partial charge in [0, 0.05) is 0 Å². The smallest absolute Gasteiger partial charge is 0.272 e. The molecule has 0 aliphatic carbocycles. The van der Waals surface area contributed by atoms with E-state index in [1.807, 2.05) is 24.3 Å². The molecule has 0 radical (unpaired) electrons. The standard InChI is InChI=1S/C22H25FN6O3S/c1-22(2,3)14-8-10-15(11-9-14)32-12-18-25-28-21(29(18)24)33-13-19(30)26-27-20(31)16-6-4-5-7-17(16)23/h4-11H,12-13,24H2,1-3H3,(H,26,30)(H,27,31). The zero-order chi connectivity index (χ0) is 24.0. The van der Waals surface area contributed by atoms with E-state index in [0.717, 1.165) is 17.8 Å². The maximum absolute atomic E-state index is 13.6. The third-order valence-electron chi connectivity index (χ3n) is 4.59. The first-order valence-electron chi connectivity index (χ1n) is 10.0. The number of halogens is 1. The lowest BCUT2D eigenvalue weighted by molar-refractivity contribution is -0.119. The average molecular weight is 473 g/mol. The van der Waals surface area contributed by atoms with Crippen molar-refractivity contribution < 1.29 is 18.7 Å². The number of nitrogen functional groups attached to an aromatic ring is 1. The Balaban J connectivity index is 1.47. The van der Waals surface area contributed by atoms with Gasteiger partial charge in [-0.05, 0) is 35.2 Å². The fourth-order valence-electron chi connectivity index (χ4n) is 2.71. The molecule has 3 rings (SSSR count). The van der Waals surface area contributed by atoms with E-state index in [9.17, 15) is 14.0 Å². The summed E-state index contributed by atoms with van der Waals surface area (Å²) in [6, 6.07) is 13.2. The lowest BCUT2D eigenvalue weighted by Crippen LogP contribution is -2.42. The van der Waals surface area contributed by atoms with E-state index in [0.29, 0.717) is 16.7 Å². The van der Waals surface area contributed by atoms with Crippen molar-refractivity contribution in [3.63, 3.8) is 0 Å². The SMILES string of the molecule is CC(C)(C)c1ccc(OCc2nnc(SCC(=O)NNC(=O)c3ccccc3F)n2N)cc1. The molecular weight excluding hydrogens is 447 g/mol. The molecule has 2 aromatic carbocycles. The van der Waals surface area contributed by atoms with Gasteiger partial charge < -0.3 is 10.6 Å². The van der Waals surface area contributed by atoms with Crippen molar-refractivity contribution in [2.75, 3.05) is 11.6 Å². The minimum Gasteiger partial charge on any atom is -0.486 e. The van der Waals surface area contributed by atoms with Gasteiger partial charge in [0.2, 0.25) is 11.1 Å². The topological polar surface area (TPSA) is 124 Å². The van der Waals surface area contributed by atoms with Crippen LogP contribution >= 0.6 is 11.8 Å². The summed E-state index contributed by atoms with van der Waals surface area (Å²) in [5.74, 6) is 4.98. The third-order valence-corrected chi connectivity index (χ3v) is 5.53. The number of carbonyl (C=O) groups excluding carboxylic acids is 2. The Morgan fingerprint density at radius 3 is 2.45 bits per heavy atom. The normalized spacial score (nSPS) is 11.2. The van der Waals surface area contributed by atoms with E-state index in [1.54, 1.807) is 0 Å². The highest BCUT2D eigenvalue weighted by atomic mass is 32.2. The Morgan fingerprint density at radius 2 is 1.79 bits per heavy atom. The van der Waals surface area contributed by atoms with Gasteiger partial charge in [-0.15, -0.1) is 10.2 Å². The molecule has 0 bridgehead atoms. The Bertz CT molecular complexity index is 1130. The summed E-state index contributed by atoms with van der Waals surface area (Å²) < 4.78 is 20.6. The number of hydrazine groups is 1. The van der Waals surface area contributed by atoms with Crippen LogP contribution < -0.4 is 21.4 Å². The molecule has 0 atom stereocenters. The van der Waals surface area contributed by atoms with Crippen LogP contribution in [0.3, 0.4) is 0 Å². The number of nitrogens with one attached hydrogen (secondary N) is 2. The van der Waals surface area contributed by atoms with E-state index in [1.165, 1.54) is 28.4 Å². The van der Waals surface area contributed by atoms with Crippen LogP contribution in [-0.2, 0) is 16.8 Å². The first-order chi connectivity index (χ1) is 15.6. The van der Waals surface area contributed by atoms with E-state index in [2.05, 4.69) is 41.8 Å². The Kier molecular flexibility index (Phi) is 7.54. The number of amides is 2. The predicted molar refractivity (Wildman–Crippen MR) is 122 cm³/mol. The summed E-state index contributed by atoms with van der Waals surface area (Å²) in [6.07, 6.45) is 0. The fourth-order valence-corrected chi connectivity index (χ4v) is 3.38. The van der Waals surface area contributed by atoms with Crippen molar-refractivity contribution in [2.24, 2.45) is 0 Å². The highest BCUT2D eigenvalue weighted by Gasteiger charge is 2.16. The number of nitrogens with zero attached hydrogens (tertiary/aromatic N) is 3. The molecule has 4 N–H and O–H groups in total. The van der Waals surface area contributed by atoms with Crippen molar-refractivity contribution >= 4 is 23.6 Å². The second-order valence-electron chi connectivity index (χ2n) is 8.10. The van der Waals surface area contributed by atoms with Crippen molar-refractivity contribution in [3.05, 3.63) is 71.3 Å². The van der Waals surface area contributed by atoms with Crippen LogP contribution in [0.4, 0.5) is 4.39 Å². The number of carbonyl (C=O) groups is 2. The van der Waals surface area contributed by atoms with Gasteiger partial charge in [0.25, 0.3) is 5.91 Å². The number of benzene rings is 2. The zero-order valence-corrected chi connectivity index (χ0v) is 19.3. The second kappa shape index (κ2) is 10.3. The van der Waals surface area contributed by atoms with Gasteiger partial charge in [-0.1, -0.05) is 56.8 Å². The van der Waals surface area contributed by atoms with Gasteiger partial charge in [-0.25, -0.2) is 9.07 Å². The van der Waals surface area contributed by atoms with E-state index in [4.69, 9.17) is 10.6 Å². The minimum absolute atomic E-state index is 0.0505. The van der Waals surface area contributed by atoms with Crippen molar-refractivity contribution in [1.82, 2.24) is 25.7 Å². The summed E-state index contributed by atoms with van der Waals surface area (Å²) in [5, 5.41) is 8.24. The lowest BCUT2D eigenvalue weighted by Gasteiger charge is -2.19. The van der Waals surface area contributed by atoms with Crippen LogP contribution in [-0.4, -0.2) is 32.4 Å². The molecule has 174 valence electrons. The Labute approximate surface area is 194 Å². The maximum Gasteiger partial charge on any atom is 0.272 e. The number of aromatic nitrogens is 3. The molecule has 3 aromatic rings. The summed E-state index contributed by atoms with van der Waals surface area (Å²) in [7, 11) is 0. The molecule has 1 aromatic heterocycles. The lowest BCUT2D eigenvalue weighted by atomic mass is 9.87. The number of hydrogen-bond donors (Lipinski definition) is 3. The van der Waals surface area contributed by atoms with Gasteiger partial charge in [0.1, 0.15) is 18.2 Å². The van der Waals surface area contributed by atoms with Gasteiger partial charge in [0.15, 0.2) is 5.82 Å². The molecule has 0 aliphatic heterocycles. The highest BCUT2D eigenvalue weighted by molar-refractivity contribution is 7.99. The van der Waals surface area contributed by atoms with Gasteiger partial charge in [-0.3, -0.25) is 20.4 Å². The van der Waals surface area contributed by atoms with Crippen LogP contribution in [0.15, 0.2) is 53.7 Å². The molecule has 0 saturated carbocycles. The van der Waals surface area contributed by atoms with Gasteiger partial charge in [0.05, 0.1) is 11.3 Å². The number of thioether (sulfide) groups is 1. The maximum atomic E-state index is 13.6. The van der Waals surface area contributed by atoms with Crippen LogP contribution in [0.1, 0.15) is 42.5 Å². The number of rotatable bonds is 7. The first kappa shape index (κ1) is 24.1. The monoisotopic (exact) mass is 472 g/mol. The number of hydrogen-bond acceptors (Lipinski definition) is 7. The average Bonchev–Trinajstić information content (AvgIpc) is 3.14. The van der Waals surface area contributed by atoms with E-state index in [-0.39, 0.29) is 23.3 Å². The predicted octanol–water partition coefficient (Wildman–Crippen LogP) is 2.56. The number of ether oxygens (including phenoxy) is 1. The highest BCUT2D eigenvalue weighted by Crippen LogP contribution is 2.24. The largest absolute Gasteiger partial charge is 0.486 e. The first-order valence-corrected chi connectivity index (χ1v) is 11.0. The summed E-state index contributed by atoms with van der Waals surface area (Å²) in [6.45, 7) is 6.51. The third kappa shape index (κ3) is 6.45. The number of nitrogens with two attached hydrogens (primary N) is 1. The molecule has 0 spiro atoms. The van der Waals surface area contributed by atoms with Gasteiger partial charge >= 0.3 is 0 Å². The van der Waals surface area contributed by atoms with Crippen molar-refractivity contribution in [2.45, 2.75) is 37.9 Å². The zero-order valence-electron chi connectivity index (χ0n) is 18.5. The summed E-state index contributed by atoms with van der Waals surface area (Å²) in [5.41, 5.74) is 5.45. The molecule has 33 heavy (non-hydrogen) atoms. The van der Waals surface area contributed by atoms with Crippen molar-refractivity contribution in [1.29, 1.82) is 0 Å².